The second-order valence-corrected chi connectivity index (χ2v) is 5.12. The smallest absolute Gasteiger partial charge is 0.314 e. The minimum absolute atomic E-state index is 0.151. The van der Waals surface area contributed by atoms with E-state index in [-0.39, 0.29) is 6.03 Å². The molecule has 0 aliphatic carbocycles. The summed E-state index contributed by atoms with van der Waals surface area (Å²) in [4.78, 5) is 11.5. The van der Waals surface area contributed by atoms with Crippen LogP contribution in [0.25, 0.3) is 0 Å². The Kier molecular flexibility index (Phi) is 8.09. The second-order valence-electron chi connectivity index (χ2n) is 5.12. The topological polar surface area (TPSA) is 59.6 Å². The molecule has 0 atom stereocenters. The van der Waals surface area contributed by atoms with Crippen LogP contribution >= 0.6 is 0 Å². The number of rotatable bonds is 9. The maximum atomic E-state index is 11.5. The van der Waals surface area contributed by atoms with Crippen molar-refractivity contribution in [2.75, 3.05) is 26.3 Å². The number of nitrogens with one attached hydrogen (secondary N) is 2. The Labute approximate surface area is 127 Å². The minimum Gasteiger partial charge on any atom is -0.494 e. The summed E-state index contributed by atoms with van der Waals surface area (Å²) in [7, 11) is 0. The van der Waals surface area contributed by atoms with Crippen molar-refractivity contribution < 1.29 is 14.3 Å². The molecule has 2 amide bonds. The Bertz CT molecular complexity index is 422. The standard InChI is InChI=1S/C16H26N2O3/c1-4-20-14-6-5-7-15(12-14)21-11-10-18-16(19)17-9-8-13(2)3/h5-7,12-13H,4,8-11H2,1-3H3,(H2,17,18,19). The van der Waals surface area contributed by atoms with Crippen LogP contribution in [0.4, 0.5) is 4.79 Å². The van der Waals surface area contributed by atoms with Crippen molar-refractivity contribution >= 4 is 6.03 Å². The molecule has 21 heavy (non-hydrogen) atoms. The van der Waals surface area contributed by atoms with Crippen molar-refractivity contribution in [1.82, 2.24) is 10.6 Å². The van der Waals surface area contributed by atoms with Crippen LogP contribution in [-0.2, 0) is 0 Å². The number of urea groups is 1. The van der Waals surface area contributed by atoms with Gasteiger partial charge in [0.1, 0.15) is 18.1 Å². The lowest BCUT2D eigenvalue weighted by Gasteiger charge is -2.10. The normalized spacial score (nSPS) is 10.3. The van der Waals surface area contributed by atoms with E-state index in [1.165, 1.54) is 0 Å². The van der Waals surface area contributed by atoms with Crippen LogP contribution in [0.15, 0.2) is 24.3 Å². The Hall–Kier alpha value is -1.91. The molecule has 1 aromatic carbocycles. The Morgan fingerprint density at radius 3 is 2.48 bits per heavy atom. The molecule has 5 nitrogen and oxygen atoms in total. The molecule has 1 rings (SSSR count). The summed E-state index contributed by atoms with van der Waals surface area (Å²) in [5.41, 5.74) is 0. The Balaban J connectivity index is 2.16. The summed E-state index contributed by atoms with van der Waals surface area (Å²) in [6, 6.07) is 7.32. The van der Waals surface area contributed by atoms with Crippen molar-refractivity contribution in [3.8, 4) is 11.5 Å². The van der Waals surface area contributed by atoms with Gasteiger partial charge in [0.25, 0.3) is 0 Å². The van der Waals surface area contributed by atoms with Gasteiger partial charge in [0.05, 0.1) is 13.2 Å². The highest BCUT2D eigenvalue weighted by Crippen LogP contribution is 2.18. The molecule has 0 bridgehead atoms. The molecule has 0 saturated heterocycles. The molecule has 0 aliphatic rings. The second kappa shape index (κ2) is 9.91. The first-order valence-corrected chi connectivity index (χ1v) is 7.49. The lowest BCUT2D eigenvalue weighted by atomic mass is 10.1. The fourth-order valence-electron chi connectivity index (χ4n) is 1.69. The highest BCUT2D eigenvalue weighted by atomic mass is 16.5. The zero-order valence-electron chi connectivity index (χ0n) is 13.1. The lowest BCUT2D eigenvalue weighted by Crippen LogP contribution is -2.38. The van der Waals surface area contributed by atoms with Crippen LogP contribution in [0, 0.1) is 5.92 Å². The van der Waals surface area contributed by atoms with Crippen LogP contribution in [0.1, 0.15) is 27.2 Å². The first-order chi connectivity index (χ1) is 10.1. The van der Waals surface area contributed by atoms with E-state index in [4.69, 9.17) is 9.47 Å². The predicted octanol–water partition coefficient (Wildman–Crippen LogP) is 2.81. The highest BCUT2D eigenvalue weighted by molar-refractivity contribution is 5.73. The number of hydrogen-bond acceptors (Lipinski definition) is 3. The third-order valence-electron chi connectivity index (χ3n) is 2.78. The largest absolute Gasteiger partial charge is 0.494 e. The van der Waals surface area contributed by atoms with Crippen molar-refractivity contribution in [2.24, 2.45) is 5.92 Å². The summed E-state index contributed by atoms with van der Waals surface area (Å²) in [5, 5.41) is 5.57. The molecule has 0 aliphatic heterocycles. The van der Waals surface area contributed by atoms with Crippen molar-refractivity contribution in [2.45, 2.75) is 27.2 Å². The first-order valence-electron chi connectivity index (χ1n) is 7.49. The number of carbonyl (C=O) groups excluding carboxylic acids is 1. The van der Waals surface area contributed by atoms with Crippen LogP contribution in [0.2, 0.25) is 0 Å². The molecular formula is C16H26N2O3. The van der Waals surface area contributed by atoms with Gasteiger partial charge in [-0.25, -0.2) is 4.79 Å². The van der Waals surface area contributed by atoms with E-state index in [1.54, 1.807) is 0 Å². The molecule has 5 heteroatoms. The third-order valence-corrected chi connectivity index (χ3v) is 2.78. The van der Waals surface area contributed by atoms with E-state index in [0.717, 1.165) is 17.9 Å². The number of amides is 2. The van der Waals surface area contributed by atoms with E-state index >= 15 is 0 Å². The van der Waals surface area contributed by atoms with Gasteiger partial charge >= 0.3 is 6.03 Å². The molecular weight excluding hydrogens is 268 g/mol. The van der Waals surface area contributed by atoms with Gasteiger partial charge in [-0.2, -0.15) is 0 Å². The van der Waals surface area contributed by atoms with Crippen LogP contribution in [0.3, 0.4) is 0 Å². The van der Waals surface area contributed by atoms with E-state index in [0.29, 0.717) is 32.2 Å². The van der Waals surface area contributed by atoms with Gasteiger partial charge in [-0.15, -0.1) is 0 Å². The molecule has 0 saturated carbocycles. The molecule has 1 aromatic rings. The monoisotopic (exact) mass is 294 g/mol. The molecule has 0 spiro atoms. The summed E-state index contributed by atoms with van der Waals surface area (Å²) < 4.78 is 11.0. The van der Waals surface area contributed by atoms with Crippen LogP contribution < -0.4 is 20.1 Å². The van der Waals surface area contributed by atoms with Gasteiger partial charge in [-0.3, -0.25) is 0 Å². The van der Waals surface area contributed by atoms with Gasteiger partial charge < -0.3 is 20.1 Å². The summed E-state index contributed by atoms with van der Waals surface area (Å²) in [5.74, 6) is 2.11. The average molecular weight is 294 g/mol. The highest BCUT2D eigenvalue weighted by Gasteiger charge is 2.01. The molecule has 0 radical (unpaired) electrons. The molecule has 2 N–H and O–H groups in total. The van der Waals surface area contributed by atoms with Gasteiger partial charge in [0, 0.05) is 12.6 Å². The van der Waals surface area contributed by atoms with Gasteiger partial charge in [-0.1, -0.05) is 19.9 Å². The Morgan fingerprint density at radius 2 is 1.81 bits per heavy atom. The molecule has 0 unspecified atom stereocenters. The van der Waals surface area contributed by atoms with Crippen molar-refractivity contribution in [3.63, 3.8) is 0 Å². The maximum absolute atomic E-state index is 11.5. The van der Waals surface area contributed by atoms with Crippen molar-refractivity contribution in [1.29, 1.82) is 0 Å². The zero-order chi connectivity index (χ0) is 15.5. The van der Waals surface area contributed by atoms with E-state index in [1.807, 2.05) is 31.2 Å². The fraction of sp³-hybridized carbons (Fsp3) is 0.562. The predicted molar refractivity (Wildman–Crippen MR) is 84.0 cm³/mol. The van der Waals surface area contributed by atoms with E-state index in [9.17, 15) is 4.79 Å². The Morgan fingerprint density at radius 1 is 1.14 bits per heavy atom. The lowest BCUT2D eigenvalue weighted by molar-refractivity contribution is 0.235. The SMILES string of the molecule is CCOc1cccc(OCCNC(=O)NCCC(C)C)c1. The molecule has 0 heterocycles. The molecule has 118 valence electrons. The van der Waals surface area contributed by atoms with Gasteiger partial charge in [0.15, 0.2) is 0 Å². The number of hydrogen-bond donors (Lipinski definition) is 2. The quantitative estimate of drug-likeness (QED) is 0.689. The van der Waals surface area contributed by atoms with E-state index < -0.39 is 0 Å². The summed E-state index contributed by atoms with van der Waals surface area (Å²) in [6.45, 7) is 8.41. The van der Waals surface area contributed by atoms with E-state index in [2.05, 4.69) is 24.5 Å². The number of benzene rings is 1. The fourth-order valence-corrected chi connectivity index (χ4v) is 1.69. The van der Waals surface area contributed by atoms with Crippen LogP contribution in [-0.4, -0.2) is 32.3 Å². The van der Waals surface area contributed by atoms with Gasteiger partial charge in [0.2, 0.25) is 0 Å². The summed E-state index contributed by atoms with van der Waals surface area (Å²) >= 11 is 0. The summed E-state index contributed by atoms with van der Waals surface area (Å²) in [6.07, 6.45) is 0.980. The molecule has 0 fully saturated rings. The number of carbonyl (C=O) groups is 1. The minimum atomic E-state index is -0.151. The third kappa shape index (κ3) is 8.07. The first kappa shape index (κ1) is 17.1. The molecule has 0 aromatic heterocycles. The van der Waals surface area contributed by atoms with Crippen molar-refractivity contribution in [3.05, 3.63) is 24.3 Å². The number of ether oxygens (including phenoxy) is 2. The average Bonchev–Trinajstić information content (AvgIpc) is 2.44. The van der Waals surface area contributed by atoms with Crippen LogP contribution in [0.5, 0.6) is 11.5 Å². The van der Waals surface area contributed by atoms with Gasteiger partial charge in [-0.05, 0) is 31.4 Å². The maximum Gasteiger partial charge on any atom is 0.314 e. The zero-order valence-corrected chi connectivity index (χ0v) is 13.1.